The van der Waals surface area contributed by atoms with E-state index in [0.29, 0.717) is 34.5 Å². The van der Waals surface area contributed by atoms with Crippen molar-refractivity contribution in [1.82, 2.24) is 0 Å². The third kappa shape index (κ3) is 4.13. The van der Waals surface area contributed by atoms with Crippen molar-refractivity contribution in [3.05, 3.63) is 63.6 Å². The lowest BCUT2D eigenvalue weighted by atomic mass is 10.1. The zero-order valence-electron chi connectivity index (χ0n) is 11.5. The normalized spacial score (nSPS) is 11.5. The van der Waals surface area contributed by atoms with Gasteiger partial charge in [-0.2, -0.15) is 0 Å². The summed E-state index contributed by atoms with van der Waals surface area (Å²) in [5, 5.41) is 13.4. The lowest BCUT2D eigenvalue weighted by Crippen LogP contribution is -2.00. The molecule has 0 fully saturated rings. The highest BCUT2D eigenvalue weighted by Crippen LogP contribution is 2.23. The van der Waals surface area contributed by atoms with Gasteiger partial charge in [-0.25, -0.2) is 0 Å². The average Bonchev–Trinajstić information content (AvgIpc) is 2.51. The molecular weight excluding hydrogens is 309 g/mol. The molecule has 1 N–H and O–H groups in total. The topological polar surface area (TPSA) is 41.8 Å². The van der Waals surface area contributed by atoms with Gasteiger partial charge in [-0.1, -0.05) is 35.3 Å². The van der Waals surface area contributed by atoms with Crippen LogP contribution in [0.25, 0.3) is 0 Å². The van der Waals surface area contributed by atoms with Gasteiger partial charge < -0.3 is 9.94 Å². The lowest BCUT2D eigenvalue weighted by molar-refractivity contribution is 0.306. The third-order valence-corrected chi connectivity index (χ3v) is 3.65. The number of hydrogen-bond donors (Lipinski definition) is 1. The molecule has 0 heterocycles. The van der Waals surface area contributed by atoms with Crippen molar-refractivity contribution >= 4 is 28.9 Å². The van der Waals surface area contributed by atoms with Crippen molar-refractivity contribution in [2.24, 2.45) is 5.16 Å². The van der Waals surface area contributed by atoms with Crippen LogP contribution >= 0.6 is 23.2 Å². The summed E-state index contributed by atoms with van der Waals surface area (Å²) in [6.07, 6.45) is 0.662. The molecule has 0 spiro atoms. The van der Waals surface area contributed by atoms with Gasteiger partial charge in [0.2, 0.25) is 0 Å². The van der Waals surface area contributed by atoms with Gasteiger partial charge in [0.1, 0.15) is 12.4 Å². The number of benzene rings is 2. The quantitative estimate of drug-likeness (QED) is 0.469. The third-order valence-electron chi connectivity index (χ3n) is 3.05. The standard InChI is InChI=1S/C16H15Cl2NO2/c1-2-16(19-20)11-3-6-14(7-4-11)21-10-12-9-13(17)5-8-15(12)18/h3-9,20H,2,10H2,1H3. The first-order valence-electron chi connectivity index (χ1n) is 6.52. The van der Waals surface area contributed by atoms with Gasteiger partial charge in [0.15, 0.2) is 0 Å². The van der Waals surface area contributed by atoms with Gasteiger partial charge >= 0.3 is 0 Å². The first kappa shape index (κ1) is 15.7. The van der Waals surface area contributed by atoms with Crippen molar-refractivity contribution in [3.8, 4) is 5.75 Å². The van der Waals surface area contributed by atoms with Crippen LogP contribution in [0.15, 0.2) is 47.6 Å². The molecule has 2 aromatic rings. The highest BCUT2D eigenvalue weighted by atomic mass is 35.5. The van der Waals surface area contributed by atoms with Crippen LogP contribution in [-0.2, 0) is 6.61 Å². The number of nitrogens with zero attached hydrogens (tertiary/aromatic N) is 1. The number of ether oxygens (including phenoxy) is 1. The molecular formula is C16H15Cl2NO2. The number of hydrogen-bond acceptors (Lipinski definition) is 3. The Morgan fingerprint density at radius 2 is 1.86 bits per heavy atom. The van der Waals surface area contributed by atoms with E-state index in [1.54, 1.807) is 18.2 Å². The molecule has 21 heavy (non-hydrogen) atoms. The second-order valence-corrected chi connectivity index (χ2v) is 5.29. The Morgan fingerprint density at radius 1 is 1.14 bits per heavy atom. The first-order valence-corrected chi connectivity index (χ1v) is 7.27. The van der Waals surface area contributed by atoms with E-state index in [1.165, 1.54) is 0 Å². The van der Waals surface area contributed by atoms with Gasteiger partial charge in [0, 0.05) is 15.6 Å². The molecule has 0 atom stereocenters. The van der Waals surface area contributed by atoms with Crippen molar-refractivity contribution < 1.29 is 9.94 Å². The predicted octanol–water partition coefficient (Wildman–Crippen LogP) is 5.16. The fourth-order valence-electron chi connectivity index (χ4n) is 1.89. The van der Waals surface area contributed by atoms with E-state index < -0.39 is 0 Å². The Kier molecular flexibility index (Phi) is 5.48. The maximum atomic E-state index is 8.89. The van der Waals surface area contributed by atoms with Crippen LogP contribution in [0.5, 0.6) is 5.75 Å². The summed E-state index contributed by atoms with van der Waals surface area (Å²) in [6, 6.07) is 12.6. The summed E-state index contributed by atoms with van der Waals surface area (Å²) in [5.74, 6) is 0.711. The molecule has 0 aromatic heterocycles. The Morgan fingerprint density at radius 3 is 2.48 bits per heavy atom. The molecule has 0 aliphatic heterocycles. The number of halogens is 2. The van der Waals surface area contributed by atoms with Crippen LogP contribution in [0.4, 0.5) is 0 Å². The van der Waals surface area contributed by atoms with Crippen LogP contribution in [-0.4, -0.2) is 10.9 Å². The van der Waals surface area contributed by atoms with Gasteiger partial charge in [-0.15, -0.1) is 0 Å². The highest BCUT2D eigenvalue weighted by molar-refractivity contribution is 6.33. The molecule has 0 amide bonds. The van der Waals surface area contributed by atoms with Crippen molar-refractivity contribution in [1.29, 1.82) is 0 Å². The summed E-state index contributed by atoms with van der Waals surface area (Å²) in [5.41, 5.74) is 2.34. The minimum Gasteiger partial charge on any atom is -0.489 e. The molecule has 0 unspecified atom stereocenters. The molecule has 2 aromatic carbocycles. The van der Waals surface area contributed by atoms with Crippen LogP contribution in [0.1, 0.15) is 24.5 Å². The van der Waals surface area contributed by atoms with E-state index >= 15 is 0 Å². The number of rotatable bonds is 5. The smallest absolute Gasteiger partial charge is 0.119 e. The second-order valence-electron chi connectivity index (χ2n) is 4.45. The van der Waals surface area contributed by atoms with Crippen LogP contribution in [0, 0.1) is 0 Å². The van der Waals surface area contributed by atoms with Gasteiger partial charge in [0.25, 0.3) is 0 Å². The van der Waals surface area contributed by atoms with Gasteiger partial charge in [-0.05, 0) is 54.4 Å². The molecule has 0 aliphatic rings. The average molecular weight is 324 g/mol. The molecule has 0 aliphatic carbocycles. The second kappa shape index (κ2) is 7.34. The van der Waals surface area contributed by atoms with Crippen LogP contribution in [0.2, 0.25) is 10.0 Å². The highest BCUT2D eigenvalue weighted by Gasteiger charge is 2.05. The molecule has 0 saturated carbocycles. The predicted molar refractivity (Wildman–Crippen MR) is 85.9 cm³/mol. The fourth-order valence-corrected chi connectivity index (χ4v) is 2.26. The monoisotopic (exact) mass is 323 g/mol. The van der Waals surface area contributed by atoms with Crippen LogP contribution < -0.4 is 4.74 Å². The fraction of sp³-hybridized carbons (Fsp3) is 0.188. The Hall–Kier alpha value is -1.71. The van der Waals surface area contributed by atoms with Gasteiger partial charge in [-0.3, -0.25) is 0 Å². The molecule has 3 nitrogen and oxygen atoms in total. The van der Waals surface area contributed by atoms with Gasteiger partial charge in [0.05, 0.1) is 5.71 Å². The van der Waals surface area contributed by atoms with Crippen LogP contribution in [0.3, 0.4) is 0 Å². The van der Waals surface area contributed by atoms with Crippen molar-refractivity contribution in [3.63, 3.8) is 0 Å². The molecule has 5 heteroatoms. The summed E-state index contributed by atoms with van der Waals surface area (Å²) >= 11 is 12.0. The maximum Gasteiger partial charge on any atom is 0.119 e. The Balaban J connectivity index is 2.05. The minimum atomic E-state index is 0.341. The zero-order chi connectivity index (χ0) is 15.2. The Bertz CT molecular complexity index is 639. The van der Waals surface area contributed by atoms with Crippen molar-refractivity contribution in [2.75, 3.05) is 0 Å². The van der Waals surface area contributed by atoms with E-state index in [2.05, 4.69) is 5.16 Å². The first-order chi connectivity index (χ1) is 10.1. The lowest BCUT2D eigenvalue weighted by Gasteiger charge is -2.09. The summed E-state index contributed by atoms with van der Waals surface area (Å²) in [6.45, 7) is 2.27. The molecule has 0 bridgehead atoms. The summed E-state index contributed by atoms with van der Waals surface area (Å²) in [4.78, 5) is 0. The maximum absolute atomic E-state index is 8.89. The van der Waals surface area contributed by atoms with E-state index in [0.717, 1.165) is 11.1 Å². The molecule has 110 valence electrons. The van der Waals surface area contributed by atoms with E-state index in [9.17, 15) is 0 Å². The van der Waals surface area contributed by atoms with E-state index in [-0.39, 0.29) is 0 Å². The zero-order valence-corrected chi connectivity index (χ0v) is 13.0. The van der Waals surface area contributed by atoms with E-state index in [4.69, 9.17) is 33.1 Å². The van der Waals surface area contributed by atoms with E-state index in [1.807, 2.05) is 31.2 Å². The largest absolute Gasteiger partial charge is 0.489 e. The summed E-state index contributed by atoms with van der Waals surface area (Å²) in [7, 11) is 0. The SMILES string of the molecule is CCC(=NO)c1ccc(OCc2cc(Cl)ccc2Cl)cc1. The summed E-state index contributed by atoms with van der Waals surface area (Å²) < 4.78 is 5.68. The Labute approximate surface area is 133 Å². The molecule has 0 radical (unpaired) electrons. The minimum absolute atomic E-state index is 0.341. The molecule has 2 rings (SSSR count). The van der Waals surface area contributed by atoms with Crippen molar-refractivity contribution in [2.45, 2.75) is 20.0 Å². The molecule has 0 saturated heterocycles. The number of oxime groups is 1.